The molecule has 1 amide bonds. The molecule has 0 saturated heterocycles. The quantitative estimate of drug-likeness (QED) is 0.466. The standard InChI is InChI=1S/C23H35N5O2/c1-30-22-18-21(27-28(22)20-12-6-3-7-13-20)23(29)26-15-9-8-14-24-16-17-25-19-10-4-2-5-11-19/h3,6-7,12-13,18-19,24-25H,2,4-5,8-11,14-17H2,1H3,(H,26,29). The van der Waals surface area contributed by atoms with Gasteiger partial charge >= 0.3 is 0 Å². The van der Waals surface area contributed by atoms with Crippen molar-refractivity contribution in [2.45, 2.75) is 51.0 Å². The van der Waals surface area contributed by atoms with Gasteiger partial charge in [-0.15, -0.1) is 0 Å². The zero-order chi connectivity index (χ0) is 21.0. The molecule has 1 saturated carbocycles. The van der Waals surface area contributed by atoms with Gasteiger partial charge in [-0.3, -0.25) is 4.79 Å². The number of unbranched alkanes of at least 4 members (excludes halogenated alkanes) is 1. The lowest BCUT2D eigenvalue weighted by Crippen LogP contribution is -2.36. The van der Waals surface area contributed by atoms with Crippen LogP contribution in [-0.4, -0.2) is 55.0 Å². The van der Waals surface area contributed by atoms with Crippen LogP contribution in [0.1, 0.15) is 55.4 Å². The zero-order valence-electron chi connectivity index (χ0n) is 18.0. The van der Waals surface area contributed by atoms with Gasteiger partial charge < -0.3 is 20.7 Å². The maximum absolute atomic E-state index is 12.4. The number of benzene rings is 1. The van der Waals surface area contributed by atoms with Gasteiger partial charge in [-0.05, 0) is 44.4 Å². The van der Waals surface area contributed by atoms with Gasteiger partial charge in [0.1, 0.15) is 0 Å². The topological polar surface area (TPSA) is 80.2 Å². The van der Waals surface area contributed by atoms with Gasteiger partial charge in [0.25, 0.3) is 5.91 Å². The molecule has 0 atom stereocenters. The second-order valence-corrected chi connectivity index (χ2v) is 7.82. The highest BCUT2D eigenvalue weighted by molar-refractivity contribution is 5.92. The van der Waals surface area contributed by atoms with Gasteiger partial charge in [0.05, 0.1) is 12.8 Å². The second-order valence-electron chi connectivity index (χ2n) is 7.82. The van der Waals surface area contributed by atoms with Crippen molar-refractivity contribution < 1.29 is 9.53 Å². The minimum atomic E-state index is -0.173. The summed E-state index contributed by atoms with van der Waals surface area (Å²) >= 11 is 0. The first-order chi connectivity index (χ1) is 14.8. The Morgan fingerprint density at radius 3 is 2.60 bits per heavy atom. The number of rotatable bonds is 12. The number of methoxy groups -OCH3 is 1. The third kappa shape index (κ3) is 6.85. The molecule has 1 fully saturated rings. The Morgan fingerprint density at radius 2 is 1.83 bits per heavy atom. The van der Waals surface area contributed by atoms with Gasteiger partial charge in [-0.1, -0.05) is 37.5 Å². The van der Waals surface area contributed by atoms with Crippen molar-refractivity contribution in [2.24, 2.45) is 0 Å². The lowest BCUT2D eigenvalue weighted by Gasteiger charge is -2.22. The van der Waals surface area contributed by atoms with Crippen molar-refractivity contribution >= 4 is 5.91 Å². The monoisotopic (exact) mass is 413 g/mol. The molecule has 0 radical (unpaired) electrons. The fourth-order valence-corrected chi connectivity index (χ4v) is 3.84. The summed E-state index contributed by atoms with van der Waals surface area (Å²) in [5, 5.41) is 14.5. The van der Waals surface area contributed by atoms with Crippen molar-refractivity contribution in [2.75, 3.05) is 33.3 Å². The molecule has 0 unspecified atom stereocenters. The fraction of sp³-hybridized carbons (Fsp3) is 0.565. The molecule has 7 heteroatoms. The average molecular weight is 414 g/mol. The SMILES string of the molecule is COc1cc(C(=O)NCCCCNCCNC2CCCCC2)nn1-c1ccccc1. The molecule has 1 aromatic heterocycles. The number of hydrogen-bond donors (Lipinski definition) is 3. The summed E-state index contributed by atoms with van der Waals surface area (Å²) in [7, 11) is 1.58. The minimum absolute atomic E-state index is 0.173. The van der Waals surface area contributed by atoms with Crippen molar-refractivity contribution in [3.63, 3.8) is 0 Å². The molecule has 1 aliphatic rings. The van der Waals surface area contributed by atoms with E-state index < -0.39 is 0 Å². The van der Waals surface area contributed by atoms with E-state index in [1.807, 2.05) is 30.3 Å². The zero-order valence-corrected chi connectivity index (χ0v) is 18.0. The first-order valence-electron chi connectivity index (χ1n) is 11.2. The summed E-state index contributed by atoms with van der Waals surface area (Å²) in [4.78, 5) is 12.4. The molecule has 3 rings (SSSR count). The predicted octanol–water partition coefficient (Wildman–Crippen LogP) is 2.90. The number of amides is 1. The van der Waals surface area contributed by atoms with E-state index >= 15 is 0 Å². The number of para-hydroxylation sites is 1. The number of nitrogens with zero attached hydrogens (tertiary/aromatic N) is 2. The van der Waals surface area contributed by atoms with Crippen LogP contribution in [0.5, 0.6) is 5.88 Å². The third-order valence-corrected chi connectivity index (χ3v) is 5.53. The highest BCUT2D eigenvalue weighted by Crippen LogP contribution is 2.19. The van der Waals surface area contributed by atoms with Gasteiger partial charge in [-0.25, -0.2) is 4.68 Å². The summed E-state index contributed by atoms with van der Waals surface area (Å²) < 4.78 is 7.01. The molecule has 0 aliphatic heterocycles. The minimum Gasteiger partial charge on any atom is -0.481 e. The fourth-order valence-electron chi connectivity index (χ4n) is 3.84. The summed E-state index contributed by atoms with van der Waals surface area (Å²) in [5.41, 5.74) is 1.22. The smallest absolute Gasteiger partial charge is 0.271 e. The maximum atomic E-state index is 12.4. The number of ether oxygens (including phenoxy) is 1. The molecule has 1 aromatic carbocycles. The van der Waals surface area contributed by atoms with E-state index in [2.05, 4.69) is 21.0 Å². The van der Waals surface area contributed by atoms with Crippen LogP contribution in [0, 0.1) is 0 Å². The van der Waals surface area contributed by atoms with Crippen molar-refractivity contribution in [3.05, 3.63) is 42.1 Å². The van der Waals surface area contributed by atoms with Crippen LogP contribution in [0.3, 0.4) is 0 Å². The van der Waals surface area contributed by atoms with E-state index in [0.29, 0.717) is 18.1 Å². The molecule has 2 aromatic rings. The summed E-state index contributed by atoms with van der Waals surface area (Å²) in [6.07, 6.45) is 8.77. The van der Waals surface area contributed by atoms with Gasteiger partial charge in [0.2, 0.25) is 5.88 Å². The summed E-state index contributed by atoms with van der Waals surface area (Å²) in [6, 6.07) is 12.0. The first-order valence-corrected chi connectivity index (χ1v) is 11.2. The van der Waals surface area contributed by atoms with Crippen molar-refractivity contribution in [1.29, 1.82) is 0 Å². The Morgan fingerprint density at radius 1 is 1.07 bits per heavy atom. The first kappa shape index (κ1) is 22.3. The Bertz CT molecular complexity index is 756. The van der Waals surface area contributed by atoms with E-state index in [0.717, 1.165) is 44.2 Å². The molecule has 1 heterocycles. The Hall–Kier alpha value is -2.38. The number of hydrogen-bond acceptors (Lipinski definition) is 5. The Kier molecular flexibility index (Phi) is 9.18. The van der Waals surface area contributed by atoms with E-state index in [4.69, 9.17) is 4.74 Å². The van der Waals surface area contributed by atoms with Gasteiger partial charge in [0.15, 0.2) is 5.69 Å². The lowest BCUT2D eigenvalue weighted by molar-refractivity contribution is 0.0947. The highest BCUT2D eigenvalue weighted by atomic mass is 16.5. The molecular weight excluding hydrogens is 378 g/mol. The van der Waals surface area contributed by atoms with E-state index in [-0.39, 0.29) is 5.91 Å². The van der Waals surface area contributed by atoms with Crippen LogP contribution < -0.4 is 20.7 Å². The van der Waals surface area contributed by atoms with Gasteiger partial charge in [-0.2, -0.15) is 5.10 Å². The van der Waals surface area contributed by atoms with Crippen molar-refractivity contribution in [3.8, 4) is 11.6 Å². The van der Waals surface area contributed by atoms with E-state index in [1.165, 1.54) is 32.1 Å². The third-order valence-electron chi connectivity index (χ3n) is 5.53. The van der Waals surface area contributed by atoms with Crippen LogP contribution >= 0.6 is 0 Å². The normalized spacial score (nSPS) is 14.6. The molecule has 0 spiro atoms. The molecule has 7 nitrogen and oxygen atoms in total. The number of carbonyl (C=O) groups excluding carboxylic acids is 1. The molecule has 1 aliphatic carbocycles. The number of nitrogens with one attached hydrogen (secondary N) is 3. The Balaban J connectivity index is 1.29. The van der Waals surface area contributed by atoms with Gasteiger partial charge in [0, 0.05) is 31.7 Å². The van der Waals surface area contributed by atoms with Crippen LogP contribution in [0.25, 0.3) is 5.69 Å². The second kappa shape index (κ2) is 12.3. The van der Waals surface area contributed by atoms with Crippen LogP contribution in [-0.2, 0) is 0 Å². The molecular formula is C23H35N5O2. The van der Waals surface area contributed by atoms with Crippen LogP contribution in [0.15, 0.2) is 36.4 Å². The highest BCUT2D eigenvalue weighted by Gasteiger charge is 2.15. The summed E-state index contributed by atoms with van der Waals surface area (Å²) in [5.74, 6) is 0.366. The van der Waals surface area contributed by atoms with Crippen molar-refractivity contribution in [1.82, 2.24) is 25.7 Å². The lowest BCUT2D eigenvalue weighted by atomic mass is 9.95. The van der Waals surface area contributed by atoms with E-state index in [9.17, 15) is 4.79 Å². The number of carbonyl (C=O) groups is 1. The molecule has 164 valence electrons. The van der Waals surface area contributed by atoms with Crippen LogP contribution in [0.4, 0.5) is 0 Å². The molecule has 30 heavy (non-hydrogen) atoms. The van der Waals surface area contributed by atoms with Crippen LogP contribution in [0.2, 0.25) is 0 Å². The predicted molar refractivity (Wildman–Crippen MR) is 119 cm³/mol. The number of aromatic nitrogens is 2. The largest absolute Gasteiger partial charge is 0.481 e. The molecule has 0 bridgehead atoms. The Labute approximate surface area is 179 Å². The average Bonchev–Trinajstić information content (AvgIpc) is 3.24. The molecule has 3 N–H and O–H groups in total. The van der Waals surface area contributed by atoms with E-state index in [1.54, 1.807) is 17.9 Å². The maximum Gasteiger partial charge on any atom is 0.271 e. The summed E-state index contributed by atoms with van der Waals surface area (Å²) in [6.45, 7) is 3.65.